The Hall–Kier alpha value is -1.90. The van der Waals surface area contributed by atoms with Crippen LogP contribution in [0.1, 0.15) is 50.4 Å². The molecule has 1 aromatic carbocycles. The number of carbonyl (C=O) groups is 2. The summed E-state index contributed by atoms with van der Waals surface area (Å²) in [6, 6.07) is 7.14. The van der Waals surface area contributed by atoms with Crippen molar-refractivity contribution < 1.29 is 9.59 Å². The number of fused-ring (bicyclic) bond motifs is 2. The number of nitrogens with one attached hydrogen (secondary N) is 1. The van der Waals surface area contributed by atoms with Crippen molar-refractivity contribution >= 4 is 17.4 Å². The molecule has 22 heavy (non-hydrogen) atoms. The first kappa shape index (κ1) is 15.0. The summed E-state index contributed by atoms with van der Waals surface area (Å²) < 4.78 is 0. The zero-order valence-electron chi connectivity index (χ0n) is 13.5. The van der Waals surface area contributed by atoms with E-state index in [1.165, 1.54) is 6.92 Å². The van der Waals surface area contributed by atoms with Crippen LogP contribution in [0.3, 0.4) is 0 Å². The minimum absolute atomic E-state index is 0.00148. The molecular weight excluding hydrogens is 274 g/mol. The monoisotopic (exact) mass is 297 g/mol. The van der Waals surface area contributed by atoms with Gasteiger partial charge >= 0.3 is 0 Å². The molecule has 3 nitrogen and oxygen atoms in total. The lowest BCUT2D eigenvalue weighted by molar-refractivity contribution is -0.123. The number of benzene rings is 1. The number of hydrogen-bond donors (Lipinski definition) is 1. The Balaban J connectivity index is 1.85. The summed E-state index contributed by atoms with van der Waals surface area (Å²) in [4.78, 5) is 24.4. The van der Waals surface area contributed by atoms with E-state index in [0.29, 0.717) is 17.2 Å². The van der Waals surface area contributed by atoms with E-state index < -0.39 is 5.41 Å². The van der Waals surface area contributed by atoms with Crippen LogP contribution in [0.25, 0.3) is 0 Å². The molecule has 0 radical (unpaired) electrons. The van der Waals surface area contributed by atoms with Crippen molar-refractivity contribution in [2.24, 2.45) is 16.7 Å². The Labute approximate surface area is 131 Å². The molecule has 2 fully saturated rings. The summed E-state index contributed by atoms with van der Waals surface area (Å²) in [6.45, 7) is 10.2. The molecule has 2 aliphatic carbocycles. The van der Waals surface area contributed by atoms with Gasteiger partial charge in [0, 0.05) is 11.3 Å². The van der Waals surface area contributed by atoms with Gasteiger partial charge in [-0.3, -0.25) is 9.59 Å². The molecule has 1 aromatic rings. The molecule has 2 aliphatic rings. The Morgan fingerprint density at radius 2 is 2.05 bits per heavy atom. The van der Waals surface area contributed by atoms with Crippen LogP contribution in [0.5, 0.6) is 0 Å². The quantitative estimate of drug-likeness (QED) is 0.671. The first-order chi connectivity index (χ1) is 10.3. The Bertz CT molecular complexity index is 674. The van der Waals surface area contributed by atoms with Gasteiger partial charge in [-0.1, -0.05) is 38.1 Å². The van der Waals surface area contributed by atoms with Crippen molar-refractivity contribution in [3.05, 3.63) is 42.0 Å². The van der Waals surface area contributed by atoms with Gasteiger partial charge in [0.25, 0.3) is 0 Å². The topological polar surface area (TPSA) is 46.2 Å². The van der Waals surface area contributed by atoms with Crippen LogP contribution in [0, 0.1) is 16.7 Å². The van der Waals surface area contributed by atoms with Crippen molar-refractivity contribution in [1.82, 2.24) is 0 Å². The Kier molecular flexibility index (Phi) is 3.28. The van der Waals surface area contributed by atoms with Crippen LogP contribution in [0.2, 0.25) is 0 Å². The molecule has 0 saturated heterocycles. The number of amides is 1. The number of Topliss-reactive ketones (excluding diaryl/α,β-unsaturated/α-hetero) is 1. The average molecular weight is 297 g/mol. The molecule has 2 bridgehead atoms. The predicted octanol–water partition coefficient (Wildman–Crippen LogP) is 4.21. The molecule has 0 heterocycles. The number of ketones is 1. The van der Waals surface area contributed by atoms with Crippen LogP contribution in [-0.4, -0.2) is 11.7 Å². The SMILES string of the molecule is C=C1C(C)(C)[C@@H]2CC[C@]1(C(=O)Nc1cccc(C(C)=O)c1)C2. The van der Waals surface area contributed by atoms with Crippen molar-refractivity contribution in [3.8, 4) is 0 Å². The van der Waals surface area contributed by atoms with E-state index in [9.17, 15) is 9.59 Å². The van der Waals surface area contributed by atoms with Gasteiger partial charge in [-0.2, -0.15) is 0 Å². The van der Waals surface area contributed by atoms with Crippen molar-refractivity contribution in [2.75, 3.05) is 5.32 Å². The van der Waals surface area contributed by atoms with Gasteiger partial charge in [0.2, 0.25) is 5.91 Å². The molecule has 0 aliphatic heterocycles. The Morgan fingerprint density at radius 1 is 1.32 bits per heavy atom. The molecule has 2 atom stereocenters. The number of anilines is 1. The summed E-state index contributed by atoms with van der Waals surface area (Å²) in [7, 11) is 0. The first-order valence-electron chi connectivity index (χ1n) is 7.90. The van der Waals surface area contributed by atoms with Gasteiger partial charge in [-0.05, 0) is 49.7 Å². The molecule has 2 saturated carbocycles. The molecule has 0 aromatic heterocycles. The van der Waals surface area contributed by atoms with Gasteiger partial charge in [0.1, 0.15) is 0 Å². The number of carbonyl (C=O) groups excluding carboxylic acids is 2. The summed E-state index contributed by atoms with van der Waals surface area (Å²) in [5.74, 6) is 0.585. The third kappa shape index (κ3) is 2.03. The summed E-state index contributed by atoms with van der Waals surface area (Å²) in [5.41, 5.74) is 1.98. The highest BCUT2D eigenvalue weighted by Crippen LogP contribution is 2.65. The zero-order chi connectivity index (χ0) is 16.1. The molecule has 3 heteroatoms. The van der Waals surface area contributed by atoms with Gasteiger partial charge in [-0.15, -0.1) is 0 Å². The summed E-state index contributed by atoms with van der Waals surface area (Å²) in [5, 5.41) is 3.01. The van der Waals surface area contributed by atoms with Crippen molar-refractivity contribution in [1.29, 1.82) is 0 Å². The second kappa shape index (κ2) is 4.80. The van der Waals surface area contributed by atoms with E-state index in [1.54, 1.807) is 18.2 Å². The highest BCUT2D eigenvalue weighted by atomic mass is 16.2. The van der Waals surface area contributed by atoms with E-state index in [2.05, 4.69) is 25.7 Å². The van der Waals surface area contributed by atoms with Crippen LogP contribution in [0.4, 0.5) is 5.69 Å². The second-order valence-electron chi connectivity index (χ2n) is 7.31. The van der Waals surface area contributed by atoms with Crippen LogP contribution < -0.4 is 5.32 Å². The highest BCUT2D eigenvalue weighted by Gasteiger charge is 2.60. The number of rotatable bonds is 3. The third-order valence-electron chi connectivity index (χ3n) is 5.85. The predicted molar refractivity (Wildman–Crippen MR) is 87.8 cm³/mol. The molecule has 0 unspecified atom stereocenters. The summed E-state index contributed by atoms with van der Waals surface area (Å²) in [6.07, 6.45) is 2.88. The van der Waals surface area contributed by atoms with Gasteiger partial charge < -0.3 is 5.32 Å². The highest BCUT2D eigenvalue weighted by molar-refractivity contribution is 6.00. The Morgan fingerprint density at radius 3 is 2.64 bits per heavy atom. The first-order valence-corrected chi connectivity index (χ1v) is 7.90. The fourth-order valence-corrected chi connectivity index (χ4v) is 4.21. The number of hydrogen-bond acceptors (Lipinski definition) is 2. The standard InChI is InChI=1S/C19H23NO2/c1-12(21)14-6-5-7-16(10-14)20-17(22)19-9-8-15(11-19)18(3,4)13(19)2/h5-7,10,15H,2,8-9,11H2,1,3-4H3,(H,20,22)/t15-,19+/m1/s1. The summed E-state index contributed by atoms with van der Waals surface area (Å²) >= 11 is 0. The molecule has 0 spiro atoms. The maximum absolute atomic E-state index is 12.9. The van der Waals surface area contributed by atoms with Crippen molar-refractivity contribution in [2.45, 2.75) is 40.0 Å². The molecule has 1 N–H and O–H groups in total. The zero-order valence-corrected chi connectivity index (χ0v) is 13.5. The van der Waals surface area contributed by atoms with E-state index in [-0.39, 0.29) is 17.1 Å². The smallest absolute Gasteiger partial charge is 0.234 e. The van der Waals surface area contributed by atoms with Crippen LogP contribution in [-0.2, 0) is 4.79 Å². The molecule has 116 valence electrons. The lowest BCUT2D eigenvalue weighted by Gasteiger charge is -2.37. The maximum Gasteiger partial charge on any atom is 0.234 e. The van der Waals surface area contributed by atoms with E-state index in [0.717, 1.165) is 24.8 Å². The van der Waals surface area contributed by atoms with Crippen LogP contribution >= 0.6 is 0 Å². The molecule has 3 rings (SSSR count). The van der Waals surface area contributed by atoms with Crippen molar-refractivity contribution in [3.63, 3.8) is 0 Å². The fourth-order valence-electron chi connectivity index (χ4n) is 4.21. The third-order valence-corrected chi connectivity index (χ3v) is 5.85. The second-order valence-corrected chi connectivity index (χ2v) is 7.31. The van der Waals surface area contributed by atoms with E-state index >= 15 is 0 Å². The molecule has 1 amide bonds. The van der Waals surface area contributed by atoms with Crippen LogP contribution in [0.15, 0.2) is 36.4 Å². The lowest BCUT2D eigenvalue weighted by atomic mass is 9.68. The average Bonchev–Trinajstić information content (AvgIpc) is 2.99. The largest absolute Gasteiger partial charge is 0.325 e. The normalized spacial score (nSPS) is 28.7. The molecular formula is C19H23NO2. The van der Waals surface area contributed by atoms with Gasteiger partial charge in [-0.25, -0.2) is 0 Å². The minimum Gasteiger partial charge on any atom is -0.325 e. The maximum atomic E-state index is 12.9. The van der Waals surface area contributed by atoms with Gasteiger partial charge in [0.05, 0.1) is 5.41 Å². The fraction of sp³-hybridized carbons (Fsp3) is 0.474. The lowest BCUT2D eigenvalue weighted by Crippen LogP contribution is -2.37. The van der Waals surface area contributed by atoms with E-state index in [1.807, 2.05) is 6.07 Å². The minimum atomic E-state index is -0.430. The van der Waals surface area contributed by atoms with Gasteiger partial charge in [0.15, 0.2) is 5.78 Å². The van der Waals surface area contributed by atoms with E-state index in [4.69, 9.17) is 0 Å².